The minimum atomic E-state index is -0.398. The minimum Gasteiger partial charge on any atom is -0.346 e. The number of para-hydroxylation sites is 2. The molecule has 1 aromatic carbocycles. The number of aromatic nitrogens is 2. The Morgan fingerprint density at radius 2 is 1.77 bits per heavy atom. The maximum absolute atomic E-state index is 12.4. The molecule has 144 valence electrons. The molecule has 1 N–H and O–H groups in total. The van der Waals surface area contributed by atoms with Gasteiger partial charge in [-0.15, -0.1) is 0 Å². The van der Waals surface area contributed by atoms with Gasteiger partial charge in [-0.3, -0.25) is 4.79 Å². The molecule has 26 heavy (non-hydrogen) atoms. The Hall–Kier alpha value is -1.84. The van der Waals surface area contributed by atoms with Crippen LogP contribution in [0, 0.1) is 5.41 Å². The zero-order chi connectivity index (χ0) is 19.2. The summed E-state index contributed by atoms with van der Waals surface area (Å²) >= 11 is 0. The van der Waals surface area contributed by atoms with Crippen molar-refractivity contribution in [3.05, 3.63) is 30.1 Å². The molecule has 0 aliphatic carbocycles. The van der Waals surface area contributed by atoms with Gasteiger partial charge in [0.1, 0.15) is 5.82 Å². The lowest BCUT2D eigenvalue weighted by Gasteiger charge is -2.22. The molecule has 1 aromatic heterocycles. The molecule has 1 heterocycles. The number of nitrogens with one attached hydrogen (secondary N) is 1. The number of amides is 1. The van der Waals surface area contributed by atoms with Crippen LogP contribution in [0.4, 0.5) is 0 Å². The fourth-order valence-electron chi connectivity index (χ4n) is 3.19. The second-order valence-corrected chi connectivity index (χ2v) is 8.32. The van der Waals surface area contributed by atoms with E-state index in [1.54, 1.807) is 0 Å². The van der Waals surface area contributed by atoms with E-state index in [0.717, 1.165) is 29.8 Å². The van der Waals surface area contributed by atoms with Crippen LogP contribution in [-0.4, -0.2) is 15.5 Å². The summed E-state index contributed by atoms with van der Waals surface area (Å²) in [4.78, 5) is 17.2. The molecule has 4 nitrogen and oxygen atoms in total. The van der Waals surface area contributed by atoms with Crippen molar-refractivity contribution >= 4 is 16.9 Å². The first-order valence-corrected chi connectivity index (χ1v) is 10.1. The Labute approximate surface area is 158 Å². The summed E-state index contributed by atoms with van der Waals surface area (Å²) in [5.74, 6) is 1.01. The van der Waals surface area contributed by atoms with Crippen LogP contribution in [0.15, 0.2) is 24.3 Å². The van der Waals surface area contributed by atoms with Crippen LogP contribution in [0.25, 0.3) is 11.0 Å². The third-order valence-corrected chi connectivity index (χ3v) is 4.84. The lowest BCUT2D eigenvalue weighted by molar-refractivity contribution is -0.129. The topological polar surface area (TPSA) is 46.9 Å². The summed E-state index contributed by atoms with van der Waals surface area (Å²) in [5, 5.41) is 3.13. The van der Waals surface area contributed by atoms with Crippen molar-refractivity contribution in [2.24, 2.45) is 5.41 Å². The lowest BCUT2D eigenvalue weighted by atomic mass is 9.95. The van der Waals surface area contributed by atoms with E-state index in [9.17, 15) is 4.79 Å². The summed E-state index contributed by atoms with van der Waals surface area (Å²) in [6.07, 6.45) is 7.63. The first kappa shape index (κ1) is 20.5. The molecule has 1 amide bonds. The molecule has 0 radical (unpaired) electrons. The highest BCUT2D eigenvalue weighted by molar-refractivity contribution is 5.82. The van der Waals surface area contributed by atoms with Crippen LogP contribution in [0.3, 0.4) is 0 Å². The quantitative estimate of drug-likeness (QED) is 0.592. The van der Waals surface area contributed by atoms with E-state index in [1.807, 2.05) is 33.8 Å². The third kappa shape index (κ3) is 5.33. The number of carbonyl (C=O) groups excluding carboxylic acids is 1. The average molecular weight is 358 g/mol. The molecule has 0 saturated carbocycles. The van der Waals surface area contributed by atoms with Crippen molar-refractivity contribution in [2.75, 3.05) is 0 Å². The monoisotopic (exact) mass is 357 g/mol. The van der Waals surface area contributed by atoms with Crippen molar-refractivity contribution < 1.29 is 4.79 Å². The standard InChI is InChI=1S/C22H35N3O/c1-6-7-8-9-10-13-16-25-19-15-12-11-14-18(19)24-20(25)17(2)23-21(26)22(3,4)5/h11-12,14-15,17H,6-10,13,16H2,1-5H3,(H,23,26). The number of benzene rings is 1. The van der Waals surface area contributed by atoms with Crippen molar-refractivity contribution in [3.8, 4) is 0 Å². The van der Waals surface area contributed by atoms with Gasteiger partial charge in [0.2, 0.25) is 5.91 Å². The summed E-state index contributed by atoms with van der Waals surface area (Å²) in [6.45, 7) is 11.1. The molecule has 1 unspecified atom stereocenters. The predicted molar refractivity (Wildman–Crippen MR) is 109 cm³/mol. The van der Waals surface area contributed by atoms with E-state index in [4.69, 9.17) is 4.98 Å². The second kappa shape index (κ2) is 9.20. The zero-order valence-electron chi connectivity index (χ0n) is 17.1. The van der Waals surface area contributed by atoms with Crippen LogP contribution >= 0.6 is 0 Å². The van der Waals surface area contributed by atoms with E-state index >= 15 is 0 Å². The zero-order valence-corrected chi connectivity index (χ0v) is 17.1. The molecule has 2 aromatic rings. The van der Waals surface area contributed by atoms with Gasteiger partial charge in [0.25, 0.3) is 0 Å². The highest BCUT2D eigenvalue weighted by Gasteiger charge is 2.25. The molecule has 0 spiro atoms. The molecule has 1 atom stereocenters. The predicted octanol–water partition coefficient (Wildman–Crippen LogP) is 5.62. The van der Waals surface area contributed by atoms with E-state index in [0.29, 0.717) is 0 Å². The molecule has 0 aliphatic heterocycles. The normalized spacial score (nSPS) is 13.1. The van der Waals surface area contributed by atoms with E-state index in [-0.39, 0.29) is 11.9 Å². The summed E-state index contributed by atoms with van der Waals surface area (Å²) < 4.78 is 2.29. The van der Waals surface area contributed by atoms with E-state index in [1.165, 1.54) is 32.1 Å². The van der Waals surface area contributed by atoms with Crippen LogP contribution in [0.2, 0.25) is 0 Å². The number of fused-ring (bicyclic) bond motifs is 1. The number of rotatable bonds is 9. The van der Waals surface area contributed by atoms with Gasteiger partial charge in [-0.1, -0.05) is 71.9 Å². The van der Waals surface area contributed by atoms with E-state index in [2.05, 4.69) is 35.0 Å². The maximum atomic E-state index is 12.4. The van der Waals surface area contributed by atoms with Gasteiger partial charge < -0.3 is 9.88 Å². The number of aryl methyl sites for hydroxylation is 1. The van der Waals surface area contributed by atoms with Gasteiger partial charge in [0.05, 0.1) is 17.1 Å². The van der Waals surface area contributed by atoms with Gasteiger partial charge in [0, 0.05) is 12.0 Å². The highest BCUT2D eigenvalue weighted by Crippen LogP contribution is 2.23. The number of carbonyl (C=O) groups is 1. The van der Waals surface area contributed by atoms with Crippen LogP contribution < -0.4 is 5.32 Å². The molecular weight excluding hydrogens is 322 g/mol. The number of hydrogen-bond donors (Lipinski definition) is 1. The van der Waals surface area contributed by atoms with Crippen molar-refractivity contribution in [2.45, 2.75) is 85.7 Å². The summed E-state index contributed by atoms with van der Waals surface area (Å²) in [7, 11) is 0. The molecule has 0 saturated heterocycles. The van der Waals surface area contributed by atoms with Gasteiger partial charge in [-0.05, 0) is 25.5 Å². The van der Waals surface area contributed by atoms with Gasteiger partial charge >= 0.3 is 0 Å². The molecular formula is C22H35N3O. The van der Waals surface area contributed by atoms with Crippen LogP contribution in [0.5, 0.6) is 0 Å². The first-order valence-electron chi connectivity index (χ1n) is 10.1. The number of unbranched alkanes of at least 4 members (excludes halogenated alkanes) is 5. The van der Waals surface area contributed by atoms with Crippen molar-refractivity contribution in [1.29, 1.82) is 0 Å². The van der Waals surface area contributed by atoms with Gasteiger partial charge in [0.15, 0.2) is 0 Å². The molecule has 0 fully saturated rings. The number of imidazole rings is 1. The Morgan fingerprint density at radius 3 is 2.46 bits per heavy atom. The SMILES string of the molecule is CCCCCCCCn1c(C(C)NC(=O)C(C)(C)C)nc2ccccc21. The number of hydrogen-bond acceptors (Lipinski definition) is 2. The lowest BCUT2D eigenvalue weighted by Crippen LogP contribution is -2.37. The van der Waals surface area contributed by atoms with Gasteiger partial charge in [-0.25, -0.2) is 4.98 Å². The van der Waals surface area contributed by atoms with Crippen LogP contribution in [0.1, 0.15) is 85.0 Å². The number of nitrogens with zero attached hydrogens (tertiary/aromatic N) is 2. The van der Waals surface area contributed by atoms with Crippen LogP contribution in [-0.2, 0) is 11.3 Å². The van der Waals surface area contributed by atoms with Crippen molar-refractivity contribution in [3.63, 3.8) is 0 Å². The molecule has 0 aliphatic rings. The smallest absolute Gasteiger partial charge is 0.225 e. The molecule has 2 rings (SSSR count). The largest absolute Gasteiger partial charge is 0.346 e. The minimum absolute atomic E-state index is 0.0585. The van der Waals surface area contributed by atoms with E-state index < -0.39 is 5.41 Å². The first-order chi connectivity index (χ1) is 12.3. The fraction of sp³-hybridized carbons (Fsp3) is 0.636. The maximum Gasteiger partial charge on any atom is 0.225 e. The van der Waals surface area contributed by atoms with Gasteiger partial charge in [-0.2, -0.15) is 0 Å². The Bertz CT molecular complexity index is 712. The fourth-order valence-corrected chi connectivity index (χ4v) is 3.19. The second-order valence-electron chi connectivity index (χ2n) is 8.32. The average Bonchev–Trinajstić information content (AvgIpc) is 2.96. The molecule has 0 bridgehead atoms. The highest BCUT2D eigenvalue weighted by atomic mass is 16.2. The van der Waals surface area contributed by atoms with Crippen molar-refractivity contribution in [1.82, 2.24) is 14.9 Å². The third-order valence-electron chi connectivity index (χ3n) is 4.84. The Kier molecular flexibility index (Phi) is 7.24. The molecule has 4 heteroatoms. The Balaban J connectivity index is 2.13. The summed E-state index contributed by atoms with van der Waals surface area (Å²) in [6, 6.07) is 8.15. The Morgan fingerprint density at radius 1 is 1.12 bits per heavy atom. The summed E-state index contributed by atoms with van der Waals surface area (Å²) in [5.41, 5.74) is 1.77.